The number of rotatable bonds is 5. The Balaban J connectivity index is 2.16. The zero-order valence-corrected chi connectivity index (χ0v) is 16.9. The second-order valence-electron chi connectivity index (χ2n) is 7.08. The maximum Gasteiger partial charge on any atom is 0.354 e. The molecule has 4 N–H and O–H groups in total. The van der Waals surface area contributed by atoms with Gasteiger partial charge in [-0.1, -0.05) is 35.9 Å². The van der Waals surface area contributed by atoms with Crippen LogP contribution in [-0.2, 0) is 0 Å². The van der Waals surface area contributed by atoms with Crippen molar-refractivity contribution in [1.82, 2.24) is 9.97 Å². The Morgan fingerprint density at radius 1 is 1.00 bits per heavy atom. The third kappa shape index (κ3) is 4.43. The van der Waals surface area contributed by atoms with Gasteiger partial charge in [0.1, 0.15) is 5.82 Å². The molecule has 0 aliphatic carbocycles. The van der Waals surface area contributed by atoms with E-state index < -0.39 is 5.97 Å². The largest absolute Gasteiger partial charge is 0.477 e. The van der Waals surface area contributed by atoms with Gasteiger partial charge in [-0.25, -0.2) is 14.8 Å². The summed E-state index contributed by atoms with van der Waals surface area (Å²) in [6, 6.07) is 15.1. The van der Waals surface area contributed by atoms with Gasteiger partial charge in [-0.2, -0.15) is 0 Å². The van der Waals surface area contributed by atoms with Crippen LogP contribution in [0.1, 0.15) is 45.5 Å². The van der Waals surface area contributed by atoms with Crippen LogP contribution in [0.4, 0.5) is 11.5 Å². The van der Waals surface area contributed by atoms with E-state index in [9.17, 15) is 9.90 Å². The first-order chi connectivity index (χ1) is 13.8. The first kappa shape index (κ1) is 20.1. The lowest BCUT2D eigenvalue weighted by atomic mass is 9.94. The van der Waals surface area contributed by atoms with Crippen LogP contribution < -0.4 is 11.1 Å². The van der Waals surface area contributed by atoms with E-state index in [1.807, 2.05) is 63.2 Å². The lowest BCUT2D eigenvalue weighted by molar-refractivity contribution is 0.0690. The minimum atomic E-state index is -1.13. The van der Waals surface area contributed by atoms with Gasteiger partial charge in [0.25, 0.3) is 0 Å². The van der Waals surface area contributed by atoms with Crippen molar-refractivity contribution in [3.8, 4) is 0 Å². The van der Waals surface area contributed by atoms with Crippen molar-refractivity contribution >= 4 is 23.0 Å². The number of nitrogens with two attached hydrogens (primary N) is 1. The minimum absolute atomic E-state index is 0.102. The summed E-state index contributed by atoms with van der Waals surface area (Å²) in [4.78, 5) is 20.6. The van der Waals surface area contributed by atoms with Crippen LogP contribution in [0.15, 0.2) is 54.2 Å². The smallest absolute Gasteiger partial charge is 0.354 e. The molecule has 3 aromatic rings. The van der Waals surface area contributed by atoms with Crippen molar-refractivity contribution in [2.75, 3.05) is 5.32 Å². The molecule has 1 heterocycles. The third-order valence-corrected chi connectivity index (χ3v) is 4.62. The summed E-state index contributed by atoms with van der Waals surface area (Å²) in [6.45, 7) is 7.74. The number of carboxylic acid groups (broad SMARTS) is 1. The SMILES string of the molecule is CC(N)=C(c1nc(Nc2ccc(C)cc2)cc(C(=O)O)n1)c1c(C)cccc1C. The normalized spacial score (nSPS) is 11.7. The zero-order valence-electron chi connectivity index (χ0n) is 16.9. The molecule has 0 atom stereocenters. The Hall–Kier alpha value is -3.67. The number of allylic oxidation sites excluding steroid dienone is 1. The van der Waals surface area contributed by atoms with Gasteiger partial charge in [0.15, 0.2) is 11.5 Å². The van der Waals surface area contributed by atoms with E-state index in [0.29, 0.717) is 17.1 Å². The Labute approximate surface area is 170 Å². The molecule has 2 aromatic carbocycles. The molecular weight excluding hydrogens is 364 g/mol. The van der Waals surface area contributed by atoms with Crippen LogP contribution in [0, 0.1) is 20.8 Å². The van der Waals surface area contributed by atoms with Crippen molar-refractivity contribution in [1.29, 1.82) is 0 Å². The second-order valence-corrected chi connectivity index (χ2v) is 7.08. The van der Waals surface area contributed by atoms with Crippen molar-refractivity contribution in [2.24, 2.45) is 5.73 Å². The molecule has 0 unspecified atom stereocenters. The number of hydrogen-bond donors (Lipinski definition) is 3. The Kier molecular flexibility index (Phi) is 5.64. The fourth-order valence-corrected chi connectivity index (χ4v) is 3.21. The summed E-state index contributed by atoms with van der Waals surface area (Å²) in [5.74, 6) is -0.464. The number of carboxylic acids is 1. The lowest BCUT2D eigenvalue weighted by Crippen LogP contribution is -2.11. The molecule has 0 aliphatic heterocycles. The van der Waals surface area contributed by atoms with E-state index in [0.717, 1.165) is 27.9 Å². The average molecular weight is 388 g/mol. The van der Waals surface area contributed by atoms with Gasteiger partial charge in [0.05, 0.1) is 0 Å². The number of anilines is 2. The topological polar surface area (TPSA) is 101 Å². The molecule has 0 saturated heterocycles. The number of nitrogens with one attached hydrogen (secondary N) is 1. The number of benzene rings is 2. The fraction of sp³-hybridized carbons (Fsp3) is 0.174. The predicted molar refractivity (Wildman–Crippen MR) is 115 cm³/mol. The maximum atomic E-state index is 11.7. The molecule has 0 spiro atoms. The van der Waals surface area contributed by atoms with Gasteiger partial charge in [-0.15, -0.1) is 0 Å². The fourth-order valence-electron chi connectivity index (χ4n) is 3.21. The van der Waals surface area contributed by atoms with Crippen LogP contribution in [0.25, 0.3) is 5.57 Å². The van der Waals surface area contributed by atoms with Crippen LogP contribution in [0.3, 0.4) is 0 Å². The number of hydrogen-bond acceptors (Lipinski definition) is 5. The second kappa shape index (κ2) is 8.14. The monoisotopic (exact) mass is 388 g/mol. The number of nitrogens with zero attached hydrogens (tertiary/aromatic N) is 2. The van der Waals surface area contributed by atoms with Crippen molar-refractivity contribution in [3.05, 3.63) is 88.0 Å². The van der Waals surface area contributed by atoms with Crippen LogP contribution >= 0.6 is 0 Å². The molecule has 0 bridgehead atoms. The first-order valence-corrected chi connectivity index (χ1v) is 9.25. The maximum absolute atomic E-state index is 11.7. The number of aryl methyl sites for hydroxylation is 3. The van der Waals surface area contributed by atoms with Gasteiger partial charge in [0, 0.05) is 23.0 Å². The molecule has 0 aliphatic rings. The highest BCUT2D eigenvalue weighted by Crippen LogP contribution is 2.30. The molecule has 6 heteroatoms. The average Bonchev–Trinajstić information content (AvgIpc) is 2.66. The standard InChI is InChI=1S/C23H24N4O2/c1-13-8-10-17(11-9-13)25-19-12-18(23(28)29)26-22(27-19)21(16(4)24)20-14(2)6-5-7-15(20)3/h5-12H,24H2,1-4H3,(H,28,29)(H,25,26,27). The van der Waals surface area contributed by atoms with Crippen LogP contribution in [0.2, 0.25) is 0 Å². The third-order valence-electron chi connectivity index (χ3n) is 4.62. The van der Waals surface area contributed by atoms with Gasteiger partial charge in [-0.3, -0.25) is 0 Å². The summed E-state index contributed by atoms with van der Waals surface area (Å²) in [7, 11) is 0. The van der Waals surface area contributed by atoms with Gasteiger partial charge in [0.2, 0.25) is 0 Å². The molecule has 6 nitrogen and oxygen atoms in total. The molecule has 148 valence electrons. The molecule has 0 fully saturated rings. The first-order valence-electron chi connectivity index (χ1n) is 9.25. The zero-order chi connectivity index (χ0) is 21.1. The van der Waals surface area contributed by atoms with Gasteiger partial charge < -0.3 is 16.2 Å². The number of aromatic carboxylic acids is 1. The van der Waals surface area contributed by atoms with Gasteiger partial charge in [-0.05, 0) is 56.5 Å². The number of aromatic nitrogens is 2. The molecular formula is C23H24N4O2. The summed E-state index contributed by atoms with van der Waals surface area (Å²) >= 11 is 0. The summed E-state index contributed by atoms with van der Waals surface area (Å²) in [6.07, 6.45) is 0. The van der Waals surface area contributed by atoms with E-state index in [-0.39, 0.29) is 11.5 Å². The van der Waals surface area contributed by atoms with Gasteiger partial charge >= 0.3 is 5.97 Å². The molecule has 0 radical (unpaired) electrons. The van der Waals surface area contributed by atoms with Crippen molar-refractivity contribution in [3.63, 3.8) is 0 Å². The minimum Gasteiger partial charge on any atom is -0.477 e. The highest BCUT2D eigenvalue weighted by Gasteiger charge is 2.19. The number of carbonyl (C=O) groups is 1. The highest BCUT2D eigenvalue weighted by atomic mass is 16.4. The van der Waals surface area contributed by atoms with E-state index >= 15 is 0 Å². The summed E-state index contributed by atoms with van der Waals surface area (Å²) in [5, 5.41) is 12.7. The van der Waals surface area contributed by atoms with E-state index in [1.54, 1.807) is 6.92 Å². The van der Waals surface area contributed by atoms with E-state index in [2.05, 4.69) is 15.3 Å². The molecule has 29 heavy (non-hydrogen) atoms. The molecule has 3 rings (SSSR count). The quantitative estimate of drug-likeness (QED) is 0.591. The molecule has 0 saturated carbocycles. The lowest BCUT2D eigenvalue weighted by Gasteiger charge is -2.16. The highest BCUT2D eigenvalue weighted by molar-refractivity contribution is 5.88. The molecule has 0 amide bonds. The Morgan fingerprint density at radius 3 is 2.17 bits per heavy atom. The van der Waals surface area contributed by atoms with E-state index in [4.69, 9.17) is 5.73 Å². The molecule has 1 aromatic heterocycles. The summed E-state index contributed by atoms with van der Waals surface area (Å²) in [5.41, 5.74) is 12.1. The van der Waals surface area contributed by atoms with Crippen molar-refractivity contribution in [2.45, 2.75) is 27.7 Å². The van der Waals surface area contributed by atoms with Crippen LogP contribution in [-0.4, -0.2) is 21.0 Å². The predicted octanol–water partition coefficient (Wildman–Crippen LogP) is 4.58. The Bertz CT molecular complexity index is 1080. The van der Waals surface area contributed by atoms with Crippen LogP contribution in [0.5, 0.6) is 0 Å². The van der Waals surface area contributed by atoms with Crippen molar-refractivity contribution < 1.29 is 9.90 Å². The Morgan fingerprint density at radius 2 is 1.62 bits per heavy atom. The van der Waals surface area contributed by atoms with E-state index in [1.165, 1.54) is 6.07 Å². The summed E-state index contributed by atoms with van der Waals surface area (Å²) < 4.78 is 0.